The van der Waals surface area contributed by atoms with Crippen LogP contribution in [0, 0.1) is 6.92 Å². The van der Waals surface area contributed by atoms with Crippen LogP contribution in [0.1, 0.15) is 23.1 Å². The van der Waals surface area contributed by atoms with Gasteiger partial charge in [-0.3, -0.25) is 9.48 Å². The number of methoxy groups -OCH3 is 2. The molecule has 1 rings (SSSR count). The molecule has 0 aromatic carbocycles. The van der Waals surface area contributed by atoms with Crippen molar-refractivity contribution in [2.75, 3.05) is 14.2 Å². The number of nitrogens with zero attached hydrogens (tertiary/aromatic N) is 2. The Morgan fingerprint density at radius 1 is 1.47 bits per heavy atom. The molecule has 0 aliphatic carbocycles. The lowest BCUT2D eigenvalue weighted by atomic mass is 10.3. The van der Waals surface area contributed by atoms with Crippen LogP contribution >= 0.6 is 0 Å². The molecule has 0 aliphatic rings. The molecule has 0 saturated heterocycles. The van der Waals surface area contributed by atoms with E-state index in [1.165, 1.54) is 14.2 Å². The van der Waals surface area contributed by atoms with Gasteiger partial charge in [-0.2, -0.15) is 5.10 Å². The summed E-state index contributed by atoms with van der Waals surface area (Å²) >= 11 is 0. The van der Waals surface area contributed by atoms with Gasteiger partial charge < -0.3 is 14.8 Å². The number of rotatable bonds is 5. The monoisotopic (exact) mass is 241 g/mol. The molecule has 0 spiro atoms. The molecule has 1 atom stereocenters. The maximum atomic E-state index is 11.9. The number of amides is 1. The molecular weight excluding hydrogens is 222 g/mol. The third kappa shape index (κ3) is 3.28. The molecule has 0 saturated carbocycles. The number of carbonyl (C=O) groups is 1. The van der Waals surface area contributed by atoms with Crippen molar-refractivity contribution in [1.82, 2.24) is 15.1 Å². The molecule has 0 aliphatic heterocycles. The van der Waals surface area contributed by atoms with Crippen LogP contribution in [0.3, 0.4) is 0 Å². The smallest absolute Gasteiger partial charge is 0.269 e. The van der Waals surface area contributed by atoms with Gasteiger partial charge in [-0.05, 0) is 19.9 Å². The Balaban J connectivity index is 2.69. The van der Waals surface area contributed by atoms with Gasteiger partial charge in [0.1, 0.15) is 5.69 Å². The maximum absolute atomic E-state index is 11.9. The van der Waals surface area contributed by atoms with Gasteiger partial charge in [0.2, 0.25) is 0 Å². The first-order valence-corrected chi connectivity index (χ1v) is 5.36. The number of aryl methyl sites for hydroxylation is 2. The fraction of sp³-hybridized carbons (Fsp3) is 0.636. The Hall–Kier alpha value is -1.40. The molecule has 1 amide bonds. The highest BCUT2D eigenvalue weighted by Gasteiger charge is 2.20. The second-order valence-corrected chi connectivity index (χ2v) is 3.90. The molecule has 0 fully saturated rings. The average Bonchev–Trinajstić information content (AvgIpc) is 2.59. The number of hydrogen-bond donors (Lipinski definition) is 1. The van der Waals surface area contributed by atoms with Crippen molar-refractivity contribution in [2.45, 2.75) is 26.2 Å². The summed E-state index contributed by atoms with van der Waals surface area (Å²) in [6.07, 6.45) is -0.465. The number of aromatic nitrogens is 2. The van der Waals surface area contributed by atoms with Crippen molar-refractivity contribution in [3.8, 4) is 0 Å². The van der Waals surface area contributed by atoms with Gasteiger partial charge in [0.25, 0.3) is 5.91 Å². The lowest BCUT2D eigenvalue weighted by Crippen LogP contribution is -2.43. The van der Waals surface area contributed by atoms with E-state index in [0.29, 0.717) is 5.69 Å². The normalized spacial score (nSPS) is 12.8. The van der Waals surface area contributed by atoms with E-state index in [4.69, 9.17) is 9.47 Å². The summed E-state index contributed by atoms with van der Waals surface area (Å²) in [6, 6.07) is 1.49. The number of hydrogen-bond acceptors (Lipinski definition) is 4. The summed E-state index contributed by atoms with van der Waals surface area (Å²) in [6.45, 7) is 3.66. The lowest BCUT2D eigenvalue weighted by molar-refractivity contribution is -0.117. The highest BCUT2D eigenvalue weighted by Crippen LogP contribution is 2.04. The van der Waals surface area contributed by atoms with Gasteiger partial charge in [-0.1, -0.05) is 0 Å². The molecule has 6 heteroatoms. The Bertz CT molecular complexity index is 385. The summed E-state index contributed by atoms with van der Waals surface area (Å²) in [7, 11) is 4.80. The van der Waals surface area contributed by atoms with E-state index in [-0.39, 0.29) is 11.9 Å². The molecule has 0 bridgehead atoms. The summed E-state index contributed by atoms with van der Waals surface area (Å²) in [4.78, 5) is 11.9. The van der Waals surface area contributed by atoms with E-state index in [0.717, 1.165) is 5.69 Å². The van der Waals surface area contributed by atoms with Crippen molar-refractivity contribution in [1.29, 1.82) is 0 Å². The predicted molar refractivity (Wildman–Crippen MR) is 62.7 cm³/mol. The summed E-state index contributed by atoms with van der Waals surface area (Å²) in [5.74, 6) is -0.195. The molecule has 1 aromatic rings. The molecule has 0 radical (unpaired) electrons. The van der Waals surface area contributed by atoms with Crippen LogP contribution in [0.5, 0.6) is 0 Å². The second kappa shape index (κ2) is 5.79. The molecule has 1 unspecified atom stereocenters. The first-order valence-electron chi connectivity index (χ1n) is 5.36. The number of carbonyl (C=O) groups excluding carboxylic acids is 1. The van der Waals surface area contributed by atoms with Gasteiger partial charge in [-0.25, -0.2) is 0 Å². The van der Waals surface area contributed by atoms with E-state index in [1.807, 2.05) is 13.8 Å². The molecule has 1 heterocycles. The van der Waals surface area contributed by atoms with Crippen LogP contribution < -0.4 is 5.32 Å². The molecule has 1 aromatic heterocycles. The highest BCUT2D eigenvalue weighted by molar-refractivity contribution is 5.92. The molecular formula is C11H19N3O3. The topological polar surface area (TPSA) is 65.4 Å². The Kier molecular flexibility index (Phi) is 4.65. The van der Waals surface area contributed by atoms with Crippen LogP contribution in [-0.2, 0) is 16.5 Å². The predicted octanol–water partition coefficient (Wildman–Crippen LogP) is 0.466. The standard InChI is InChI=1S/C11H19N3O3/c1-7-6-9(14(3)13-7)10(15)12-8(2)11(16-4)17-5/h6,8,11H,1-5H3,(H,12,15). The maximum Gasteiger partial charge on any atom is 0.269 e. The molecule has 1 N–H and O–H groups in total. The van der Waals surface area contributed by atoms with Gasteiger partial charge in [0.05, 0.1) is 11.7 Å². The lowest BCUT2D eigenvalue weighted by Gasteiger charge is -2.21. The fourth-order valence-electron chi connectivity index (χ4n) is 1.68. The van der Waals surface area contributed by atoms with Crippen molar-refractivity contribution in [2.24, 2.45) is 7.05 Å². The molecule has 96 valence electrons. The summed E-state index contributed by atoms with van der Waals surface area (Å²) < 4.78 is 11.7. The quantitative estimate of drug-likeness (QED) is 0.761. The van der Waals surface area contributed by atoms with Crippen LogP contribution in [0.15, 0.2) is 6.07 Å². The first kappa shape index (κ1) is 13.7. The number of ether oxygens (including phenoxy) is 2. The first-order chi connectivity index (χ1) is 7.99. The minimum atomic E-state index is -0.465. The van der Waals surface area contributed by atoms with Crippen LogP contribution in [-0.4, -0.2) is 42.2 Å². The summed E-state index contributed by atoms with van der Waals surface area (Å²) in [5.41, 5.74) is 1.32. The molecule has 17 heavy (non-hydrogen) atoms. The van der Waals surface area contributed by atoms with Crippen molar-refractivity contribution in [3.05, 3.63) is 17.5 Å². The zero-order valence-electron chi connectivity index (χ0n) is 10.9. The SMILES string of the molecule is COC(OC)C(C)NC(=O)c1cc(C)nn1C. The van der Waals surface area contributed by atoms with E-state index >= 15 is 0 Å². The highest BCUT2D eigenvalue weighted by atomic mass is 16.7. The van der Waals surface area contributed by atoms with Gasteiger partial charge in [-0.15, -0.1) is 0 Å². The largest absolute Gasteiger partial charge is 0.354 e. The third-order valence-corrected chi connectivity index (χ3v) is 2.47. The second-order valence-electron chi connectivity index (χ2n) is 3.90. The van der Waals surface area contributed by atoms with Gasteiger partial charge in [0, 0.05) is 21.3 Å². The molecule has 6 nitrogen and oxygen atoms in total. The fourth-order valence-corrected chi connectivity index (χ4v) is 1.68. The van der Waals surface area contributed by atoms with Crippen LogP contribution in [0.2, 0.25) is 0 Å². The van der Waals surface area contributed by atoms with Crippen molar-refractivity contribution in [3.63, 3.8) is 0 Å². The van der Waals surface area contributed by atoms with Crippen LogP contribution in [0.25, 0.3) is 0 Å². The van der Waals surface area contributed by atoms with Gasteiger partial charge >= 0.3 is 0 Å². The van der Waals surface area contributed by atoms with E-state index in [1.54, 1.807) is 17.8 Å². The summed E-state index contributed by atoms with van der Waals surface area (Å²) in [5, 5.41) is 6.92. The van der Waals surface area contributed by atoms with Gasteiger partial charge in [0.15, 0.2) is 6.29 Å². The van der Waals surface area contributed by atoms with Crippen molar-refractivity contribution < 1.29 is 14.3 Å². The average molecular weight is 241 g/mol. The zero-order valence-corrected chi connectivity index (χ0v) is 10.9. The zero-order chi connectivity index (χ0) is 13.0. The minimum absolute atomic E-state index is 0.195. The Morgan fingerprint density at radius 2 is 2.06 bits per heavy atom. The van der Waals surface area contributed by atoms with E-state index in [2.05, 4.69) is 10.4 Å². The third-order valence-electron chi connectivity index (χ3n) is 2.47. The Labute approximate surface area is 101 Å². The van der Waals surface area contributed by atoms with E-state index in [9.17, 15) is 4.79 Å². The van der Waals surface area contributed by atoms with Crippen molar-refractivity contribution >= 4 is 5.91 Å². The minimum Gasteiger partial charge on any atom is -0.354 e. The number of nitrogens with one attached hydrogen (secondary N) is 1. The van der Waals surface area contributed by atoms with Crippen LogP contribution in [0.4, 0.5) is 0 Å². The van der Waals surface area contributed by atoms with E-state index < -0.39 is 6.29 Å². The Morgan fingerprint density at radius 3 is 2.47 bits per heavy atom.